The van der Waals surface area contributed by atoms with Gasteiger partial charge in [0.15, 0.2) is 0 Å². The number of para-hydroxylation sites is 1. The summed E-state index contributed by atoms with van der Waals surface area (Å²) in [6.07, 6.45) is 6.25. The Hall–Kier alpha value is -1.09. The van der Waals surface area contributed by atoms with Crippen molar-refractivity contribution in [2.45, 2.75) is 39.0 Å². The number of hydrogen-bond donors (Lipinski definition) is 1. The number of unbranched alkanes of at least 4 members (excludes halogenated alkanes) is 4. The highest BCUT2D eigenvalue weighted by Crippen LogP contribution is 2.11. The van der Waals surface area contributed by atoms with Gasteiger partial charge < -0.3 is 10.1 Å². The third-order valence-corrected chi connectivity index (χ3v) is 2.83. The zero-order valence-electron chi connectivity index (χ0n) is 11.3. The molecule has 1 aromatic carbocycles. The first-order chi connectivity index (χ1) is 8.84. The van der Waals surface area contributed by atoms with E-state index in [1.807, 2.05) is 6.07 Å². The molecule has 0 aliphatic heterocycles. The van der Waals surface area contributed by atoms with E-state index in [4.69, 9.17) is 4.74 Å². The van der Waals surface area contributed by atoms with E-state index in [1.165, 1.54) is 31.7 Å². The third kappa shape index (κ3) is 6.60. The van der Waals surface area contributed by atoms with Crippen LogP contribution in [0.4, 0.5) is 10.1 Å². The lowest BCUT2D eigenvalue weighted by Gasteiger charge is -2.08. The molecule has 0 unspecified atom stereocenters. The average molecular weight is 253 g/mol. The van der Waals surface area contributed by atoms with Crippen molar-refractivity contribution in [3.63, 3.8) is 0 Å². The van der Waals surface area contributed by atoms with Crippen LogP contribution in [0, 0.1) is 5.82 Å². The van der Waals surface area contributed by atoms with Gasteiger partial charge in [-0.3, -0.25) is 0 Å². The molecule has 0 bridgehead atoms. The summed E-state index contributed by atoms with van der Waals surface area (Å²) in [7, 11) is 0. The van der Waals surface area contributed by atoms with Crippen molar-refractivity contribution in [3.05, 3.63) is 30.1 Å². The fourth-order valence-electron chi connectivity index (χ4n) is 1.77. The van der Waals surface area contributed by atoms with E-state index in [0.717, 1.165) is 13.0 Å². The van der Waals surface area contributed by atoms with Crippen LogP contribution in [0.5, 0.6) is 0 Å². The maximum Gasteiger partial charge on any atom is 0.146 e. The number of hydrogen-bond acceptors (Lipinski definition) is 2. The molecule has 0 aromatic heterocycles. The molecule has 0 atom stereocenters. The lowest BCUT2D eigenvalue weighted by Crippen LogP contribution is -2.10. The monoisotopic (exact) mass is 253 g/mol. The molecule has 0 amide bonds. The van der Waals surface area contributed by atoms with Crippen molar-refractivity contribution >= 4 is 5.69 Å². The number of anilines is 1. The van der Waals surface area contributed by atoms with E-state index < -0.39 is 0 Å². The van der Waals surface area contributed by atoms with Gasteiger partial charge in [0.2, 0.25) is 0 Å². The van der Waals surface area contributed by atoms with Gasteiger partial charge in [-0.2, -0.15) is 0 Å². The molecule has 0 saturated heterocycles. The molecule has 0 saturated carbocycles. The second kappa shape index (κ2) is 9.89. The molecule has 1 rings (SSSR count). The molecule has 0 heterocycles. The third-order valence-electron chi connectivity index (χ3n) is 2.83. The van der Waals surface area contributed by atoms with E-state index in [1.54, 1.807) is 12.1 Å². The zero-order valence-corrected chi connectivity index (χ0v) is 11.3. The standard InChI is InChI=1S/C15H24FNO/c1-2-3-4-5-8-12-18-13-11-17-15-10-7-6-9-14(15)16/h6-7,9-10,17H,2-5,8,11-13H2,1H3. The SMILES string of the molecule is CCCCCCCOCCNc1ccccc1F. The molecule has 3 heteroatoms. The van der Waals surface area contributed by atoms with Gasteiger partial charge in [-0.15, -0.1) is 0 Å². The maximum atomic E-state index is 13.2. The Morgan fingerprint density at radius 1 is 1.06 bits per heavy atom. The summed E-state index contributed by atoms with van der Waals surface area (Å²) in [5.74, 6) is -0.211. The van der Waals surface area contributed by atoms with Gasteiger partial charge in [0.25, 0.3) is 0 Å². The van der Waals surface area contributed by atoms with Crippen molar-refractivity contribution < 1.29 is 9.13 Å². The first-order valence-corrected chi connectivity index (χ1v) is 6.90. The predicted molar refractivity (Wildman–Crippen MR) is 74.5 cm³/mol. The quantitative estimate of drug-likeness (QED) is 0.630. The number of nitrogens with one attached hydrogen (secondary N) is 1. The minimum Gasteiger partial charge on any atom is -0.380 e. The van der Waals surface area contributed by atoms with Crippen LogP contribution in [0.2, 0.25) is 0 Å². The Bertz CT molecular complexity index is 317. The van der Waals surface area contributed by atoms with Crippen molar-refractivity contribution in [3.8, 4) is 0 Å². The molecule has 0 radical (unpaired) electrons. The summed E-state index contributed by atoms with van der Waals surface area (Å²) >= 11 is 0. The summed E-state index contributed by atoms with van der Waals surface area (Å²) in [4.78, 5) is 0. The Morgan fingerprint density at radius 2 is 1.83 bits per heavy atom. The summed E-state index contributed by atoms with van der Waals surface area (Å²) in [5, 5.41) is 3.02. The molecule has 0 aliphatic carbocycles. The molecule has 18 heavy (non-hydrogen) atoms. The molecule has 1 N–H and O–H groups in total. The Balaban J connectivity index is 1.94. The largest absolute Gasteiger partial charge is 0.380 e. The Labute approximate surface area is 110 Å². The maximum absolute atomic E-state index is 13.2. The van der Waals surface area contributed by atoms with Crippen LogP contribution < -0.4 is 5.32 Å². The molecular weight excluding hydrogens is 229 g/mol. The predicted octanol–water partition coefficient (Wildman–Crippen LogP) is 4.22. The summed E-state index contributed by atoms with van der Waals surface area (Å²) in [6.45, 7) is 4.30. The summed E-state index contributed by atoms with van der Waals surface area (Å²) in [6, 6.07) is 6.70. The average Bonchev–Trinajstić information content (AvgIpc) is 2.39. The van der Waals surface area contributed by atoms with E-state index in [0.29, 0.717) is 18.8 Å². The lowest BCUT2D eigenvalue weighted by molar-refractivity contribution is 0.139. The van der Waals surface area contributed by atoms with Crippen LogP contribution in [0.25, 0.3) is 0 Å². The fraction of sp³-hybridized carbons (Fsp3) is 0.600. The molecule has 1 aromatic rings. The van der Waals surface area contributed by atoms with Crippen LogP contribution >= 0.6 is 0 Å². The van der Waals surface area contributed by atoms with Crippen molar-refractivity contribution in [1.29, 1.82) is 0 Å². The topological polar surface area (TPSA) is 21.3 Å². The molecule has 0 spiro atoms. The van der Waals surface area contributed by atoms with Gasteiger partial charge >= 0.3 is 0 Å². The van der Waals surface area contributed by atoms with Crippen molar-refractivity contribution in [2.24, 2.45) is 0 Å². The Morgan fingerprint density at radius 3 is 2.61 bits per heavy atom. The Kier molecular flexibility index (Phi) is 8.23. The van der Waals surface area contributed by atoms with Gasteiger partial charge in [0.1, 0.15) is 5.82 Å². The molecular formula is C15H24FNO. The van der Waals surface area contributed by atoms with Gasteiger partial charge in [-0.25, -0.2) is 4.39 Å². The van der Waals surface area contributed by atoms with Crippen LogP contribution in [0.1, 0.15) is 39.0 Å². The normalized spacial score (nSPS) is 10.6. The van der Waals surface area contributed by atoms with Gasteiger partial charge in [0, 0.05) is 13.2 Å². The second-order valence-corrected chi connectivity index (χ2v) is 4.43. The number of ether oxygens (including phenoxy) is 1. The van der Waals surface area contributed by atoms with Gasteiger partial charge in [-0.05, 0) is 18.6 Å². The van der Waals surface area contributed by atoms with Crippen LogP contribution in [0.3, 0.4) is 0 Å². The molecule has 102 valence electrons. The smallest absolute Gasteiger partial charge is 0.146 e. The highest BCUT2D eigenvalue weighted by molar-refractivity contribution is 5.44. The summed E-state index contributed by atoms with van der Waals surface area (Å²) < 4.78 is 18.7. The first-order valence-electron chi connectivity index (χ1n) is 6.90. The van der Waals surface area contributed by atoms with Gasteiger partial charge in [-0.1, -0.05) is 44.7 Å². The fourth-order valence-corrected chi connectivity index (χ4v) is 1.77. The van der Waals surface area contributed by atoms with Crippen molar-refractivity contribution in [1.82, 2.24) is 0 Å². The highest BCUT2D eigenvalue weighted by Gasteiger charge is 1.98. The molecule has 0 aliphatic rings. The van der Waals surface area contributed by atoms with E-state index >= 15 is 0 Å². The van der Waals surface area contributed by atoms with E-state index in [9.17, 15) is 4.39 Å². The highest BCUT2D eigenvalue weighted by atomic mass is 19.1. The lowest BCUT2D eigenvalue weighted by atomic mass is 10.2. The molecule has 0 fully saturated rings. The van der Waals surface area contributed by atoms with E-state index in [2.05, 4.69) is 12.2 Å². The second-order valence-electron chi connectivity index (χ2n) is 4.43. The van der Waals surface area contributed by atoms with Crippen LogP contribution in [0.15, 0.2) is 24.3 Å². The first kappa shape index (κ1) is 15.0. The zero-order chi connectivity index (χ0) is 13.1. The van der Waals surface area contributed by atoms with E-state index in [-0.39, 0.29) is 5.82 Å². The number of benzene rings is 1. The molecule has 2 nitrogen and oxygen atoms in total. The number of halogens is 1. The van der Waals surface area contributed by atoms with Crippen molar-refractivity contribution in [2.75, 3.05) is 25.1 Å². The van der Waals surface area contributed by atoms with Gasteiger partial charge in [0.05, 0.1) is 12.3 Å². The number of rotatable bonds is 10. The minimum absolute atomic E-state index is 0.211. The minimum atomic E-state index is -0.211. The van der Waals surface area contributed by atoms with Crippen LogP contribution in [-0.2, 0) is 4.74 Å². The summed E-state index contributed by atoms with van der Waals surface area (Å²) in [5.41, 5.74) is 0.545. The van der Waals surface area contributed by atoms with Crippen LogP contribution in [-0.4, -0.2) is 19.8 Å².